The number of nitrogens with zero attached hydrogens (tertiary/aromatic N) is 1. The van der Waals surface area contributed by atoms with Gasteiger partial charge >= 0.3 is 0 Å². The largest absolute Gasteiger partial charge is 0.390 e. The van der Waals surface area contributed by atoms with Crippen LogP contribution in [0.4, 0.5) is 11.4 Å². The normalized spacial score (nSPS) is 13.4. The van der Waals surface area contributed by atoms with Gasteiger partial charge in [-0.05, 0) is 60.9 Å². The van der Waals surface area contributed by atoms with Crippen LogP contribution in [-0.4, -0.2) is 34.7 Å². The lowest BCUT2D eigenvalue weighted by atomic mass is 10.00. The topological polar surface area (TPSA) is 86.3 Å². The zero-order valence-corrected chi connectivity index (χ0v) is 20.3. The average Bonchev–Trinajstić information content (AvgIpc) is 2.93. The number of benzene rings is 3. The number of carbonyl (C=O) groups is 1. The molecule has 0 saturated carbocycles. The first-order chi connectivity index (χ1) is 17.6. The van der Waals surface area contributed by atoms with Crippen molar-refractivity contribution in [3.63, 3.8) is 0 Å². The fourth-order valence-electron chi connectivity index (χ4n) is 4.01. The molecule has 6 nitrogen and oxygen atoms in total. The lowest BCUT2D eigenvalue weighted by Gasteiger charge is -2.26. The van der Waals surface area contributed by atoms with E-state index in [0.717, 1.165) is 22.5 Å². The lowest BCUT2D eigenvalue weighted by molar-refractivity contribution is 0.0826. The van der Waals surface area contributed by atoms with E-state index in [4.69, 9.17) is 0 Å². The summed E-state index contributed by atoms with van der Waals surface area (Å²) in [5.74, 6) is -0.221. The molecule has 3 aromatic carbocycles. The molecule has 0 bridgehead atoms. The fourth-order valence-corrected chi connectivity index (χ4v) is 4.01. The van der Waals surface area contributed by atoms with E-state index in [1.54, 1.807) is 24.5 Å². The molecule has 1 aromatic heterocycles. The second kappa shape index (κ2) is 12.6. The molecule has 0 aliphatic heterocycles. The number of aliphatic hydroxyl groups excluding tert-OH is 1. The number of anilines is 2. The number of amides is 1. The molecule has 3 atom stereocenters. The van der Waals surface area contributed by atoms with Gasteiger partial charge in [0.1, 0.15) is 0 Å². The van der Waals surface area contributed by atoms with Gasteiger partial charge in [-0.25, -0.2) is 0 Å². The molecule has 0 unspecified atom stereocenters. The Kier molecular flexibility index (Phi) is 8.81. The van der Waals surface area contributed by atoms with Crippen molar-refractivity contribution in [1.29, 1.82) is 0 Å². The van der Waals surface area contributed by atoms with Gasteiger partial charge in [0.25, 0.3) is 5.91 Å². The third-order valence-electron chi connectivity index (χ3n) is 6.13. The molecule has 36 heavy (non-hydrogen) atoms. The van der Waals surface area contributed by atoms with Crippen molar-refractivity contribution in [2.24, 2.45) is 0 Å². The molecule has 0 fully saturated rings. The molecule has 0 saturated heterocycles. The third-order valence-corrected chi connectivity index (χ3v) is 6.13. The van der Waals surface area contributed by atoms with Gasteiger partial charge in [0.05, 0.1) is 12.1 Å². The molecule has 1 amide bonds. The molecule has 184 valence electrons. The number of pyridine rings is 1. The van der Waals surface area contributed by atoms with Gasteiger partial charge in [0, 0.05) is 41.9 Å². The molecule has 4 rings (SSSR count). The molecular weight excluding hydrogens is 448 g/mol. The highest BCUT2D eigenvalue weighted by molar-refractivity contribution is 5.94. The van der Waals surface area contributed by atoms with Crippen LogP contribution in [0.3, 0.4) is 0 Å². The van der Waals surface area contributed by atoms with Crippen molar-refractivity contribution < 1.29 is 9.90 Å². The first-order valence-corrected chi connectivity index (χ1v) is 12.2. The standard InChI is InChI=1S/C30H32N4O2/c1-22(24-10-6-3-7-11-24)32-21-29(35)28(20-23-8-4-2-5-9-23)34-30(36)25-12-14-26(15-13-25)33-27-16-18-31-19-17-27/h2-19,22,28-29,32,35H,20-21H2,1H3,(H,31,33)(H,34,36)/t22-,28+,29-/m1/s1. The summed E-state index contributed by atoms with van der Waals surface area (Å²) in [6.07, 6.45) is 3.19. The van der Waals surface area contributed by atoms with Crippen molar-refractivity contribution in [2.45, 2.75) is 31.5 Å². The minimum absolute atomic E-state index is 0.0781. The zero-order valence-electron chi connectivity index (χ0n) is 20.3. The Balaban J connectivity index is 1.41. The second-order valence-corrected chi connectivity index (χ2v) is 8.82. The molecule has 1 heterocycles. The summed E-state index contributed by atoms with van der Waals surface area (Å²) in [7, 11) is 0. The number of hydrogen-bond acceptors (Lipinski definition) is 5. The fraction of sp³-hybridized carbons (Fsp3) is 0.200. The van der Waals surface area contributed by atoms with Crippen molar-refractivity contribution in [2.75, 3.05) is 11.9 Å². The number of aliphatic hydroxyl groups is 1. The summed E-state index contributed by atoms with van der Waals surface area (Å²) in [6.45, 7) is 2.41. The van der Waals surface area contributed by atoms with Crippen LogP contribution in [0.25, 0.3) is 0 Å². The number of nitrogens with one attached hydrogen (secondary N) is 3. The smallest absolute Gasteiger partial charge is 0.251 e. The van der Waals surface area contributed by atoms with Gasteiger partial charge in [-0.1, -0.05) is 60.7 Å². The highest BCUT2D eigenvalue weighted by atomic mass is 16.3. The Morgan fingerprint density at radius 1 is 0.833 bits per heavy atom. The van der Waals surface area contributed by atoms with Crippen LogP contribution >= 0.6 is 0 Å². The van der Waals surface area contributed by atoms with Crippen LogP contribution in [0.5, 0.6) is 0 Å². The molecule has 0 radical (unpaired) electrons. The highest BCUT2D eigenvalue weighted by Crippen LogP contribution is 2.17. The lowest BCUT2D eigenvalue weighted by Crippen LogP contribution is -2.49. The van der Waals surface area contributed by atoms with Crippen LogP contribution in [-0.2, 0) is 6.42 Å². The summed E-state index contributed by atoms with van der Waals surface area (Å²) in [5.41, 5.74) is 4.53. The molecule has 0 spiro atoms. The van der Waals surface area contributed by atoms with E-state index in [2.05, 4.69) is 40.0 Å². The van der Waals surface area contributed by atoms with Crippen LogP contribution < -0.4 is 16.0 Å². The second-order valence-electron chi connectivity index (χ2n) is 8.82. The van der Waals surface area contributed by atoms with Crippen LogP contribution in [0.15, 0.2) is 109 Å². The molecule has 6 heteroatoms. The van der Waals surface area contributed by atoms with E-state index in [9.17, 15) is 9.90 Å². The first-order valence-electron chi connectivity index (χ1n) is 12.2. The Hall–Kier alpha value is -4.00. The Morgan fingerprint density at radius 3 is 2.11 bits per heavy atom. The average molecular weight is 481 g/mol. The highest BCUT2D eigenvalue weighted by Gasteiger charge is 2.23. The summed E-state index contributed by atoms with van der Waals surface area (Å²) < 4.78 is 0. The minimum Gasteiger partial charge on any atom is -0.390 e. The van der Waals surface area contributed by atoms with E-state index in [0.29, 0.717) is 18.5 Å². The van der Waals surface area contributed by atoms with Crippen molar-refractivity contribution in [3.05, 3.63) is 126 Å². The molecule has 4 N–H and O–H groups in total. The Bertz CT molecular complexity index is 1200. The minimum atomic E-state index is -0.770. The molecular formula is C30H32N4O2. The molecule has 0 aliphatic carbocycles. The summed E-state index contributed by atoms with van der Waals surface area (Å²) in [5, 5.41) is 20.8. The summed E-state index contributed by atoms with van der Waals surface area (Å²) in [4.78, 5) is 17.1. The maximum atomic E-state index is 13.1. The van der Waals surface area contributed by atoms with Gasteiger partial charge < -0.3 is 21.1 Å². The van der Waals surface area contributed by atoms with E-state index in [1.165, 1.54) is 0 Å². The van der Waals surface area contributed by atoms with Gasteiger partial charge in [-0.15, -0.1) is 0 Å². The molecule has 0 aliphatic rings. The summed E-state index contributed by atoms with van der Waals surface area (Å²) in [6, 6.07) is 30.7. The van der Waals surface area contributed by atoms with Gasteiger partial charge in [-0.3, -0.25) is 9.78 Å². The van der Waals surface area contributed by atoms with E-state index in [1.807, 2.05) is 72.8 Å². The number of aromatic nitrogens is 1. The van der Waals surface area contributed by atoms with E-state index >= 15 is 0 Å². The first kappa shape index (κ1) is 25.1. The SMILES string of the molecule is C[C@@H](NC[C@@H](O)[C@H](Cc1ccccc1)NC(=O)c1ccc(Nc2ccncc2)cc1)c1ccccc1. The van der Waals surface area contributed by atoms with Crippen LogP contribution in [0.1, 0.15) is 34.5 Å². The van der Waals surface area contributed by atoms with Crippen molar-refractivity contribution in [3.8, 4) is 0 Å². The number of rotatable bonds is 11. The van der Waals surface area contributed by atoms with Crippen LogP contribution in [0, 0.1) is 0 Å². The van der Waals surface area contributed by atoms with Crippen LogP contribution in [0.2, 0.25) is 0 Å². The van der Waals surface area contributed by atoms with E-state index in [-0.39, 0.29) is 11.9 Å². The zero-order chi connectivity index (χ0) is 25.2. The number of carbonyl (C=O) groups excluding carboxylic acids is 1. The third kappa shape index (κ3) is 7.25. The van der Waals surface area contributed by atoms with Crippen molar-refractivity contribution in [1.82, 2.24) is 15.6 Å². The number of hydrogen-bond donors (Lipinski definition) is 4. The Labute approximate surface area is 212 Å². The predicted molar refractivity (Wildman–Crippen MR) is 144 cm³/mol. The van der Waals surface area contributed by atoms with Gasteiger partial charge in [0.2, 0.25) is 0 Å². The monoisotopic (exact) mass is 480 g/mol. The van der Waals surface area contributed by atoms with Gasteiger partial charge in [-0.2, -0.15) is 0 Å². The Morgan fingerprint density at radius 2 is 1.44 bits per heavy atom. The maximum Gasteiger partial charge on any atom is 0.251 e. The van der Waals surface area contributed by atoms with E-state index < -0.39 is 12.1 Å². The maximum absolute atomic E-state index is 13.1. The summed E-state index contributed by atoms with van der Waals surface area (Å²) >= 11 is 0. The molecule has 4 aromatic rings. The van der Waals surface area contributed by atoms with Crippen molar-refractivity contribution >= 4 is 17.3 Å². The quantitative estimate of drug-likeness (QED) is 0.246. The van der Waals surface area contributed by atoms with Gasteiger partial charge in [0.15, 0.2) is 0 Å². The predicted octanol–water partition coefficient (Wildman–Crippen LogP) is 4.88.